The smallest absolute Gasteiger partial charge is 0.257 e. The molecule has 1 amide bonds. The van der Waals surface area contributed by atoms with Crippen LogP contribution in [0.25, 0.3) is 0 Å². The molecule has 0 bridgehead atoms. The summed E-state index contributed by atoms with van der Waals surface area (Å²) in [5.74, 6) is -0.426. The number of nitrogens with zero attached hydrogens (tertiary/aromatic N) is 1. The number of rotatable bonds is 1. The lowest BCUT2D eigenvalue weighted by molar-refractivity contribution is 0.0652. The largest absolute Gasteiger partial charge is 0.508 e. The van der Waals surface area contributed by atoms with E-state index in [-0.39, 0.29) is 29.0 Å². The Morgan fingerprint density at radius 1 is 1.47 bits per heavy atom. The Kier molecular flexibility index (Phi) is 3.19. The highest BCUT2D eigenvalue weighted by Gasteiger charge is 2.25. The van der Waals surface area contributed by atoms with Gasteiger partial charge >= 0.3 is 0 Å². The number of carbonyl (C=O) groups excluding carboxylic acids is 1. The second-order valence-electron chi connectivity index (χ2n) is 4.25. The SMILES string of the molecule is C[C@H]1CNCCN1C(=O)c1ccc(O)cc1O. The Hall–Kier alpha value is -1.75. The summed E-state index contributed by atoms with van der Waals surface area (Å²) in [6.45, 7) is 4.10. The highest BCUT2D eigenvalue weighted by Crippen LogP contribution is 2.24. The standard InChI is InChI=1S/C12H16N2O3/c1-8-7-13-4-5-14(8)12(17)10-3-2-9(15)6-11(10)16/h2-3,6,8,13,15-16H,4-5,7H2,1H3/t8-/m0/s1. The van der Waals surface area contributed by atoms with Crippen LogP contribution in [0.4, 0.5) is 0 Å². The first-order valence-electron chi connectivity index (χ1n) is 5.63. The zero-order valence-electron chi connectivity index (χ0n) is 9.68. The van der Waals surface area contributed by atoms with E-state index in [0.717, 1.165) is 13.1 Å². The van der Waals surface area contributed by atoms with Gasteiger partial charge in [0.1, 0.15) is 11.5 Å². The molecule has 2 rings (SSSR count). The topological polar surface area (TPSA) is 72.8 Å². The number of piperazine rings is 1. The van der Waals surface area contributed by atoms with Gasteiger partial charge in [0, 0.05) is 31.7 Å². The Labute approximate surface area is 99.7 Å². The van der Waals surface area contributed by atoms with Gasteiger partial charge in [-0.1, -0.05) is 0 Å². The van der Waals surface area contributed by atoms with Crippen molar-refractivity contribution in [2.45, 2.75) is 13.0 Å². The summed E-state index contributed by atoms with van der Waals surface area (Å²) in [7, 11) is 0. The molecule has 1 saturated heterocycles. The van der Waals surface area contributed by atoms with Gasteiger partial charge in [-0.3, -0.25) is 4.79 Å². The summed E-state index contributed by atoms with van der Waals surface area (Å²) in [4.78, 5) is 13.9. The fraction of sp³-hybridized carbons (Fsp3) is 0.417. The zero-order valence-corrected chi connectivity index (χ0v) is 9.68. The molecule has 1 aliphatic rings. The molecule has 3 N–H and O–H groups in total. The monoisotopic (exact) mass is 236 g/mol. The van der Waals surface area contributed by atoms with Crippen LogP contribution in [0.1, 0.15) is 17.3 Å². The van der Waals surface area contributed by atoms with Crippen LogP contribution in [0, 0.1) is 0 Å². The molecule has 1 aromatic carbocycles. The van der Waals surface area contributed by atoms with Gasteiger partial charge in [0.15, 0.2) is 0 Å². The Balaban J connectivity index is 2.24. The summed E-state index contributed by atoms with van der Waals surface area (Å²) in [5.41, 5.74) is 0.233. The third kappa shape index (κ3) is 2.34. The van der Waals surface area contributed by atoms with Gasteiger partial charge in [0.05, 0.1) is 5.56 Å². The van der Waals surface area contributed by atoms with Crippen molar-refractivity contribution in [2.75, 3.05) is 19.6 Å². The summed E-state index contributed by atoms with van der Waals surface area (Å²) >= 11 is 0. The second-order valence-corrected chi connectivity index (χ2v) is 4.25. The van der Waals surface area contributed by atoms with Gasteiger partial charge in [-0.25, -0.2) is 0 Å². The first kappa shape index (κ1) is 11.7. The van der Waals surface area contributed by atoms with Gasteiger partial charge in [-0.05, 0) is 19.1 Å². The number of amides is 1. The van der Waals surface area contributed by atoms with Crippen LogP contribution in [0.15, 0.2) is 18.2 Å². The first-order chi connectivity index (χ1) is 8.09. The molecular weight excluding hydrogens is 220 g/mol. The maximum absolute atomic E-state index is 12.2. The number of phenolic OH excluding ortho intramolecular Hbond substituents is 2. The first-order valence-corrected chi connectivity index (χ1v) is 5.63. The van der Waals surface area contributed by atoms with E-state index in [0.29, 0.717) is 6.54 Å². The molecule has 92 valence electrons. The third-order valence-electron chi connectivity index (χ3n) is 2.97. The number of aromatic hydroxyl groups is 2. The van der Waals surface area contributed by atoms with Crippen LogP contribution in [-0.2, 0) is 0 Å². The van der Waals surface area contributed by atoms with E-state index < -0.39 is 0 Å². The summed E-state index contributed by atoms with van der Waals surface area (Å²) < 4.78 is 0. The number of hydrogen-bond donors (Lipinski definition) is 3. The highest BCUT2D eigenvalue weighted by atomic mass is 16.3. The van der Waals surface area contributed by atoms with E-state index in [4.69, 9.17) is 0 Å². The normalized spacial score (nSPS) is 20.3. The minimum Gasteiger partial charge on any atom is -0.508 e. The molecule has 1 heterocycles. The van der Waals surface area contributed by atoms with Crippen LogP contribution >= 0.6 is 0 Å². The molecule has 0 saturated carbocycles. The predicted octanol–water partition coefficient (Wildman–Crippen LogP) is 0.532. The van der Waals surface area contributed by atoms with E-state index in [1.165, 1.54) is 18.2 Å². The quantitative estimate of drug-likeness (QED) is 0.665. The van der Waals surface area contributed by atoms with Crippen molar-refractivity contribution >= 4 is 5.91 Å². The second kappa shape index (κ2) is 4.63. The molecule has 5 nitrogen and oxygen atoms in total. The molecule has 0 spiro atoms. The number of hydrogen-bond acceptors (Lipinski definition) is 4. The van der Waals surface area contributed by atoms with E-state index >= 15 is 0 Å². The van der Waals surface area contributed by atoms with Gasteiger partial charge in [0.2, 0.25) is 0 Å². The van der Waals surface area contributed by atoms with Gasteiger partial charge in [-0.2, -0.15) is 0 Å². The fourth-order valence-corrected chi connectivity index (χ4v) is 2.00. The molecule has 1 atom stereocenters. The van der Waals surface area contributed by atoms with E-state index in [2.05, 4.69) is 5.32 Å². The van der Waals surface area contributed by atoms with Gasteiger partial charge < -0.3 is 20.4 Å². The van der Waals surface area contributed by atoms with Crippen molar-refractivity contribution in [1.82, 2.24) is 10.2 Å². The minimum absolute atomic E-state index is 0.0487. The van der Waals surface area contributed by atoms with Crippen molar-refractivity contribution in [3.8, 4) is 11.5 Å². The van der Waals surface area contributed by atoms with Gasteiger partial charge in [-0.15, -0.1) is 0 Å². The lowest BCUT2D eigenvalue weighted by Gasteiger charge is -2.34. The van der Waals surface area contributed by atoms with Crippen LogP contribution in [0.5, 0.6) is 11.5 Å². The Bertz CT molecular complexity index is 434. The van der Waals surface area contributed by atoms with Gasteiger partial charge in [0.25, 0.3) is 5.91 Å². The predicted molar refractivity (Wildman–Crippen MR) is 63.1 cm³/mol. The molecule has 0 aromatic heterocycles. The molecule has 0 radical (unpaired) electrons. The highest BCUT2D eigenvalue weighted by molar-refractivity contribution is 5.97. The summed E-state index contributed by atoms with van der Waals surface area (Å²) in [6, 6.07) is 4.13. The lowest BCUT2D eigenvalue weighted by Crippen LogP contribution is -2.52. The molecule has 0 unspecified atom stereocenters. The summed E-state index contributed by atoms with van der Waals surface area (Å²) in [5, 5.41) is 22.0. The van der Waals surface area contributed by atoms with E-state index in [1.54, 1.807) is 4.90 Å². The average molecular weight is 236 g/mol. The number of benzene rings is 1. The molecule has 1 fully saturated rings. The maximum Gasteiger partial charge on any atom is 0.257 e. The molecular formula is C12H16N2O3. The average Bonchev–Trinajstić information content (AvgIpc) is 2.29. The van der Waals surface area contributed by atoms with Crippen LogP contribution in [0.2, 0.25) is 0 Å². The minimum atomic E-state index is -0.198. The Morgan fingerprint density at radius 3 is 2.88 bits per heavy atom. The van der Waals surface area contributed by atoms with Crippen LogP contribution in [0.3, 0.4) is 0 Å². The molecule has 1 aromatic rings. The lowest BCUT2D eigenvalue weighted by atomic mass is 10.1. The van der Waals surface area contributed by atoms with E-state index in [1.807, 2.05) is 6.92 Å². The summed E-state index contributed by atoms with van der Waals surface area (Å²) in [6.07, 6.45) is 0. The molecule has 5 heteroatoms. The number of phenols is 2. The number of carbonyl (C=O) groups is 1. The number of nitrogens with one attached hydrogen (secondary N) is 1. The molecule has 0 aliphatic carbocycles. The van der Waals surface area contributed by atoms with Crippen LogP contribution < -0.4 is 5.32 Å². The molecule has 17 heavy (non-hydrogen) atoms. The van der Waals surface area contributed by atoms with Crippen molar-refractivity contribution in [3.05, 3.63) is 23.8 Å². The van der Waals surface area contributed by atoms with E-state index in [9.17, 15) is 15.0 Å². The van der Waals surface area contributed by atoms with Crippen molar-refractivity contribution in [2.24, 2.45) is 0 Å². The van der Waals surface area contributed by atoms with Crippen molar-refractivity contribution in [3.63, 3.8) is 0 Å². The maximum atomic E-state index is 12.2. The zero-order chi connectivity index (χ0) is 12.4. The fourth-order valence-electron chi connectivity index (χ4n) is 2.00. The third-order valence-corrected chi connectivity index (χ3v) is 2.97. The van der Waals surface area contributed by atoms with Crippen molar-refractivity contribution in [1.29, 1.82) is 0 Å². The Morgan fingerprint density at radius 2 is 2.24 bits per heavy atom. The molecule has 1 aliphatic heterocycles. The van der Waals surface area contributed by atoms with Crippen molar-refractivity contribution < 1.29 is 15.0 Å². The van der Waals surface area contributed by atoms with Crippen LogP contribution in [-0.4, -0.2) is 46.7 Å².